The average molecular weight is 629 g/mol. The molecule has 0 bridgehead atoms. The van der Waals surface area contributed by atoms with Crippen molar-refractivity contribution < 1.29 is 4.42 Å². The molecule has 1 aliphatic heterocycles. The van der Waals surface area contributed by atoms with Gasteiger partial charge in [0.25, 0.3) is 0 Å². The number of benzene rings is 7. The summed E-state index contributed by atoms with van der Waals surface area (Å²) in [5.41, 5.74) is 6.83. The lowest BCUT2D eigenvalue weighted by Crippen LogP contribution is -2.36. The number of fused-ring (bicyclic) bond motifs is 6. The van der Waals surface area contributed by atoms with Crippen molar-refractivity contribution in [1.82, 2.24) is 10.3 Å². The Morgan fingerprint density at radius 1 is 0.469 bits per heavy atom. The van der Waals surface area contributed by atoms with E-state index in [9.17, 15) is 0 Å². The highest BCUT2D eigenvalue weighted by Crippen LogP contribution is 2.42. The molecule has 5 heteroatoms. The smallest absolute Gasteiger partial charge is 0.170 e. The van der Waals surface area contributed by atoms with Crippen LogP contribution in [0.15, 0.2) is 172 Å². The Labute approximate surface area is 281 Å². The van der Waals surface area contributed by atoms with Gasteiger partial charge < -0.3 is 9.73 Å². The SMILES string of the molecule is c1ccc(C2=NC(c3ccc(-c4cncc5oc6cc7ccccc7cc6c45)c4ccccc34)N=C(c3ccc4ccccc4c3)N2)cc1. The molecule has 1 atom stereocenters. The second kappa shape index (κ2) is 11.0. The number of nitrogens with zero attached hydrogens (tertiary/aromatic N) is 3. The van der Waals surface area contributed by atoms with Gasteiger partial charge in [0.05, 0.1) is 6.20 Å². The topological polar surface area (TPSA) is 62.8 Å². The minimum absolute atomic E-state index is 0.452. The lowest BCUT2D eigenvalue weighted by atomic mass is 9.92. The summed E-state index contributed by atoms with van der Waals surface area (Å²) in [5, 5.41) is 12.6. The number of nitrogens with one attached hydrogen (secondary N) is 1. The molecular weight excluding hydrogens is 601 g/mol. The van der Waals surface area contributed by atoms with Crippen LogP contribution in [0.5, 0.6) is 0 Å². The van der Waals surface area contributed by atoms with Gasteiger partial charge in [0.1, 0.15) is 17.3 Å². The molecule has 0 radical (unpaired) electrons. The molecule has 5 nitrogen and oxygen atoms in total. The molecule has 2 aromatic heterocycles. The van der Waals surface area contributed by atoms with Gasteiger partial charge in [-0.3, -0.25) is 4.98 Å². The zero-order valence-corrected chi connectivity index (χ0v) is 26.3. The molecule has 1 N–H and O–H groups in total. The van der Waals surface area contributed by atoms with Crippen LogP contribution in [0, 0.1) is 0 Å². The molecule has 230 valence electrons. The van der Waals surface area contributed by atoms with Crippen molar-refractivity contribution in [3.63, 3.8) is 0 Å². The minimum atomic E-state index is -0.452. The normalized spacial score (nSPS) is 14.7. The van der Waals surface area contributed by atoms with Crippen molar-refractivity contribution >= 4 is 65.9 Å². The molecule has 10 rings (SSSR count). The van der Waals surface area contributed by atoms with Gasteiger partial charge in [-0.15, -0.1) is 0 Å². The molecule has 1 aliphatic rings. The summed E-state index contributed by atoms with van der Waals surface area (Å²) in [6.07, 6.45) is 3.32. The Hall–Kier alpha value is -6.59. The molecule has 3 heterocycles. The lowest BCUT2D eigenvalue weighted by Gasteiger charge is -2.24. The Balaban J connectivity index is 1.16. The molecule has 0 saturated carbocycles. The van der Waals surface area contributed by atoms with E-state index in [0.717, 1.165) is 77.6 Å². The van der Waals surface area contributed by atoms with Gasteiger partial charge in [-0.05, 0) is 56.1 Å². The summed E-state index contributed by atoms with van der Waals surface area (Å²) in [4.78, 5) is 15.1. The highest BCUT2D eigenvalue weighted by atomic mass is 16.3. The van der Waals surface area contributed by atoms with E-state index in [0.29, 0.717) is 0 Å². The second-order valence-electron chi connectivity index (χ2n) is 12.5. The van der Waals surface area contributed by atoms with Crippen molar-refractivity contribution in [2.75, 3.05) is 0 Å². The standard InChI is InChI=1S/C44H28N4O/c1-2-11-28(12-3-1)42-46-43(32-19-18-27-10-4-5-13-29(27)22-32)48-44(47-42)36-21-20-35(33-16-8-9-17-34(33)36)38-25-45-26-40-41(38)37-23-30-14-6-7-15-31(30)24-39(37)49-40/h1-26,44H,(H,46,47,48). The van der Waals surface area contributed by atoms with Crippen molar-refractivity contribution in [3.05, 3.63) is 175 Å². The lowest BCUT2D eigenvalue weighted by molar-refractivity contribution is 0.667. The minimum Gasteiger partial charge on any atom is -0.454 e. The van der Waals surface area contributed by atoms with E-state index >= 15 is 0 Å². The summed E-state index contributed by atoms with van der Waals surface area (Å²) in [5.74, 6) is 1.59. The van der Waals surface area contributed by atoms with E-state index < -0.39 is 6.17 Å². The van der Waals surface area contributed by atoms with E-state index in [1.54, 1.807) is 0 Å². The van der Waals surface area contributed by atoms with Crippen LogP contribution in [-0.4, -0.2) is 16.7 Å². The van der Waals surface area contributed by atoms with Crippen molar-refractivity contribution in [1.29, 1.82) is 0 Å². The summed E-state index contributed by atoms with van der Waals surface area (Å²) >= 11 is 0. The van der Waals surface area contributed by atoms with Gasteiger partial charge in [-0.1, -0.05) is 127 Å². The van der Waals surface area contributed by atoms with Crippen molar-refractivity contribution in [2.45, 2.75) is 6.17 Å². The van der Waals surface area contributed by atoms with Gasteiger partial charge in [0.2, 0.25) is 0 Å². The molecule has 49 heavy (non-hydrogen) atoms. The molecule has 0 fully saturated rings. The predicted octanol–water partition coefficient (Wildman–Crippen LogP) is 10.6. The number of pyridine rings is 1. The third-order valence-electron chi connectivity index (χ3n) is 9.58. The molecule has 0 aliphatic carbocycles. The highest BCUT2D eigenvalue weighted by molar-refractivity contribution is 6.18. The third-order valence-corrected chi connectivity index (χ3v) is 9.58. The van der Waals surface area contributed by atoms with E-state index in [1.807, 2.05) is 30.6 Å². The summed E-state index contributed by atoms with van der Waals surface area (Å²) in [6, 6.07) is 50.8. The summed E-state index contributed by atoms with van der Waals surface area (Å²) in [6.45, 7) is 0. The first kappa shape index (κ1) is 27.5. The summed E-state index contributed by atoms with van der Waals surface area (Å²) < 4.78 is 6.38. The number of hydrogen-bond acceptors (Lipinski definition) is 5. The van der Waals surface area contributed by atoms with Crippen molar-refractivity contribution in [3.8, 4) is 11.1 Å². The number of hydrogen-bond donors (Lipinski definition) is 1. The van der Waals surface area contributed by atoms with Crippen LogP contribution in [-0.2, 0) is 0 Å². The number of aromatic nitrogens is 1. The van der Waals surface area contributed by atoms with E-state index in [2.05, 4.69) is 138 Å². The third kappa shape index (κ3) is 4.59. The average Bonchev–Trinajstić information content (AvgIpc) is 3.54. The molecule has 0 amide bonds. The Kier molecular flexibility index (Phi) is 6.18. The maximum atomic E-state index is 6.38. The second-order valence-corrected chi connectivity index (χ2v) is 12.5. The fourth-order valence-electron chi connectivity index (χ4n) is 7.22. The molecule has 0 saturated heterocycles. The quantitative estimate of drug-likeness (QED) is 0.211. The maximum absolute atomic E-state index is 6.38. The first-order valence-electron chi connectivity index (χ1n) is 16.5. The van der Waals surface area contributed by atoms with Crippen LogP contribution in [0.3, 0.4) is 0 Å². The number of amidine groups is 2. The molecule has 7 aromatic carbocycles. The molecular formula is C44H28N4O. The molecule has 9 aromatic rings. The first-order chi connectivity index (χ1) is 24.3. The van der Waals surface area contributed by atoms with Crippen LogP contribution in [0.4, 0.5) is 0 Å². The van der Waals surface area contributed by atoms with Crippen LogP contribution in [0.2, 0.25) is 0 Å². The van der Waals surface area contributed by atoms with Gasteiger partial charge in [0.15, 0.2) is 11.7 Å². The highest BCUT2D eigenvalue weighted by Gasteiger charge is 2.24. The van der Waals surface area contributed by atoms with Crippen molar-refractivity contribution in [2.24, 2.45) is 9.98 Å². The number of aliphatic imine (C=N–C) groups is 2. The van der Waals surface area contributed by atoms with Crippen LogP contribution in [0.25, 0.3) is 65.4 Å². The Morgan fingerprint density at radius 2 is 1.14 bits per heavy atom. The number of furan rings is 1. The van der Waals surface area contributed by atoms with Gasteiger partial charge in [0, 0.05) is 39.2 Å². The van der Waals surface area contributed by atoms with Crippen LogP contribution >= 0.6 is 0 Å². The monoisotopic (exact) mass is 628 g/mol. The molecule has 1 unspecified atom stereocenters. The van der Waals surface area contributed by atoms with Crippen LogP contribution < -0.4 is 5.32 Å². The Bertz CT molecular complexity index is 2810. The summed E-state index contributed by atoms with van der Waals surface area (Å²) in [7, 11) is 0. The largest absolute Gasteiger partial charge is 0.454 e. The van der Waals surface area contributed by atoms with E-state index in [-0.39, 0.29) is 0 Å². The zero-order chi connectivity index (χ0) is 32.3. The fraction of sp³-hybridized carbons (Fsp3) is 0.0227. The maximum Gasteiger partial charge on any atom is 0.170 e. The van der Waals surface area contributed by atoms with E-state index in [4.69, 9.17) is 14.4 Å². The van der Waals surface area contributed by atoms with Gasteiger partial charge >= 0.3 is 0 Å². The van der Waals surface area contributed by atoms with Crippen LogP contribution in [0.1, 0.15) is 22.9 Å². The van der Waals surface area contributed by atoms with Gasteiger partial charge in [-0.25, -0.2) is 9.98 Å². The zero-order valence-electron chi connectivity index (χ0n) is 26.3. The van der Waals surface area contributed by atoms with Gasteiger partial charge in [-0.2, -0.15) is 0 Å². The molecule has 0 spiro atoms. The first-order valence-corrected chi connectivity index (χ1v) is 16.5. The predicted molar refractivity (Wildman–Crippen MR) is 201 cm³/mol. The Morgan fingerprint density at radius 3 is 1.96 bits per heavy atom. The number of rotatable bonds is 4. The fourth-order valence-corrected chi connectivity index (χ4v) is 7.22. The van der Waals surface area contributed by atoms with E-state index in [1.165, 1.54) is 16.2 Å².